The fourth-order valence-electron chi connectivity index (χ4n) is 3.62. The standard InChI is InChI=1S/C20H26FN3O3/c1-3-22-19-18(20(25)26)14(2)11-17(23-7-9-27-10-8-23)24(19)13-15-5-4-6-16(21)12-15/h4-6,11-12,19,22H,3,7-10,13H2,1-2H3,(H,25,26). The molecule has 0 aliphatic carbocycles. The van der Waals surface area contributed by atoms with Crippen LogP contribution in [0.5, 0.6) is 0 Å². The molecule has 7 heteroatoms. The molecular formula is C20H26FN3O3. The van der Waals surface area contributed by atoms with Crippen molar-refractivity contribution < 1.29 is 19.0 Å². The van der Waals surface area contributed by atoms with Crippen LogP contribution in [-0.4, -0.2) is 59.9 Å². The summed E-state index contributed by atoms with van der Waals surface area (Å²) in [6.07, 6.45) is 1.43. The van der Waals surface area contributed by atoms with Crippen molar-refractivity contribution in [2.75, 3.05) is 32.8 Å². The van der Waals surface area contributed by atoms with Gasteiger partial charge in [0.05, 0.1) is 18.8 Å². The van der Waals surface area contributed by atoms with Crippen LogP contribution in [0, 0.1) is 5.82 Å². The summed E-state index contributed by atoms with van der Waals surface area (Å²) in [7, 11) is 0. The van der Waals surface area contributed by atoms with E-state index >= 15 is 0 Å². The molecule has 1 aromatic carbocycles. The van der Waals surface area contributed by atoms with Crippen molar-refractivity contribution in [3.05, 3.63) is 58.7 Å². The van der Waals surface area contributed by atoms with Crippen LogP contribution in [0.4, 0.5) is 4.39 Å². The fraction of sp³-hybridized carbons (Fsp3) is 0.450. The van der Waals surface area contributed by atoms with Gasteiger partial charge in [-0.1, -0.05) is 19.1 Å². The third kappa shape index (κ3) is 4.31. The van der Waals surface area contributed by atoms with Crippen molar-refractivity contribution >= 4 is 5.97 Å². The largest absolute Gasteiger partial charge is 0.478 e. The lowest BCUT2D eigenvalue weighted by Gasteiger charge is -2.44. The van der Waals surface area contributed by atoms with Crippen molar-refractivity contribution in [1.82, 2.24) is 15.1 Å². The Morgan fingerprint density at radius 3 is 2.74 bits per heavy atom. The molecule has 0 radical (unpaired) electrons. The van der Waals surface area contributed by atoms with Crippen molar-refractivity contribution in [1.29, 1.82) is 0 Å². The molecule has 27 heavy (non-hydrogen) atoms. The Morgan fingerprint density at radius 1 is 1.37 bits per heavy atom. The Labute approximate surface area is 158 Å². The van der Waals surface area contributed by atoms with E-state index in [1.165, 1.54) is 12.1 Å². The van der Waals surface area contributed by atoms with Crippen LogP contribution in [0.2, 0.25) is 0 Å². The first-order valence-electron chi connectivity index (χ1n) is 9.24. The first kappa shape index (κ1) is 19.4. The Hall–Kier alpha value is -2.38. The molecule has 0 saturated carbocycles. The first-order chi connectivity index (χ1) is 13.0. The van der Waals surface area contributed by atoms with Gasteiger partial charge < -0.3 is 19.6 Å². The number of hydrogen-bond donors (Lipinski definition) is 2. The topological polar surface area (TPSA) is 65.0 Å². The summed E-state index contributed by atoms with van der Waals surface area (Å²) in [6.45, 7) is 7.53. The summed E-state index contributed by atoms with van der Waals surface area (Å²) in [5, 5.41) is 13.1. The minimum absolute atomic E-state index is 0.299. The molecule has 0 bridgehead atoms. The van der Waals surface area contributed by atoms with E-state index < -0.39 is 12.1 Å². The second-order valence-corrected chi connectivity index (χ2v) is 6.72. The summed E-state index contributed by atoms with van der Waals surface area (Å²) in [5.41, 5.74) is 1.84. The van der Waals surface area contributed by atoms with Crippen molar-refractivity contribution in [3.63, 3.8) is 0 Å². The normalized spacial score (nSPS) is 20.7. The second-order valence-electron chi connectivity index (χ2n) is 6.72. The molecule has 6 nitrogen and oxygen atoms in total. The Bertz CT molecular complexity index is 757. The van der Waals surface area contributed by atoms with Gasteiger partial charge in [-0.05, 0) is 42.8 Å². The smallest absolute Gasteiger partial charge is 0.335 e. The van der Waals surface area contributed by atoms with Gasteiger partial charge in [0.2, 0.25) is 0 Å². The van der Waals surface area contributed by atoms with Crippen LogP contribution >= 0.6 is 0 Å². The van der Waals surface area contributed by atoms with Gasteiger partial charge >= 0.3 is 5.97 Å². The number of rotatable bonds is 6. The van der Waals surface area contributed by atoms with Gasteiger partial charge in [-0.3, -0.25) is 5.32 Å². The zero-order chi connectivity index (χ0) is 19.4. The lowest BCUT2D eigenvalue weighted by molar-refractivity contribution is -0.133. The number of allylic oxidation sites excluding steroid dienone is 2. The molecule has 0 aromatic heterocycles. The predicted octanol–water partition coefficient (Wildman–Crippen LogP) is 2.15. The number of ether oxygens (including phenoxy) is 1. The maximum absolute atomic E-state index is 13.7. The fourth-order valence-corrected chi connectivity index (χ4v) is 3.62. The minimum Gasteiger partial charge on any atom is -0.478 e. The van der Waals surface area contributed by atoms with Crippen LogP contribution in [0.15, 0.2) is 47.3 Å². The summed E-state index contributed by atoms with van der Waals surface area (Å²) in [4.78, 5) is 16.2. The van der Waals surface area contributed by atoms with E-state index in [9.17, 15) is 14.3 Å². The summed E-state index contributed by atoms with van der Waals surface area (Å²) >= 11 is 0. The van der Waals surface area contributed by atoms with Gasteiger partial charge in [0.25, 0.3) is 0 Å². The molecule has 1 fully saturated rings. The van der Waals surface area contributed by atoms with E-state index in [0.717, 1.165) is 30.0 Å². The van der Waals surface area contributed by atoms with Gasteiger partial charge in [-0.2, -0.15) is 0 Å². The van der Waals surface area contributed by atoms with Gasteiger partial charge in [0.1, 0.15) is 17.8 Å². The van der Waals surface area contributed by atoms with Crippen LogP contribution in [0.25, 0.3) is 0 Å². The number of aliphatic carboxylic acids is 1. The molecule has 2 N–H and O–H groups in total. The van der Waals surface area contributed by atoms with Crippen molar-refractivity contribution in [2.45, 2.75) is 26.6 Å². The second kappa shape index (κ2) is 8.54. The first-order valence-corrected chi connectivity index (χ1v) is 9.24. The Kier molecular flexibility index (Phi) is 6.13. The molecule has 0 amide bonds. The van der Waals surface area contributed by atoms with E-state index in [2.05, 4.69) is 10.2 Å². The number of carboxylic acids is 1. The van der Waals surface area contributed by atoms with Gasteiger partial charge in [0, 0.05) is 19.6 Å². The summed E-state index contributed by atoms with van der Waals surface area (Å²) in [5.74, 6) is -0.303. The molecule has 3 rings (SSSR count). The molecule has 1 unspecified atom stereocenters. The van der Waals surface area contributed by atoms with E-state index in [-0.39, 0.29) is 5.82 Å². The lowest BCUT2D eigenvalue weighted by Crippen LogP contribution is -2.54. The number of nitrogens with one attached hydrogen (secondary N) is 1. The number of carbonyl (C=O) groups is 1. The Balaban J connectivity index is 2.02. The minimum atomic E-state index is -0.944. The number of carboxylic acid groups (broad SMARTS) is 1. The van der Waals surface area contributed by atoms with Crippen LogP contribution in [0.1, 0.15) is 19.4 Å². The van der Waals surface area contributed by atoms with Crippen molar-refractivity contribution in [3.8, 4) is 0 Å². The summed E-state index contributed by atoms with van der Waals surface area (Å²) in [6, 6.07) is 6.43. The lowest BCUT2D eigenvalue weighted by atomic mass is 9.99. The quantitative estimate of drug-likeness (QED) is 0.794. The number of nitrogens with zero attached hydrogens (tertiary/aromatic N) is 2. The zero-order valence-electron chi connectivity index (χ0n) is 15.7. The van der Waals surface area contributed by atoms with Crippen molar-refractivity contribution in [2.24, 2.45) is 0 Å². The maximum atomic E-state index is 13.7. The van der Waals surface area contributed by atoms with Crippen LogP contribution in [-0.2, 0) is 16.1 Å². The molecule has 2 heterocycles. The molecule has 1 aromatic rings. The molecule has 146 valence electrons. The molecule has 1 saturated heterocycles. The number of morpholine rings is 1. The van der Waals surface area contributed by atoms with E-state index in [1.807, 2.05) is 30.9 Å². The molecule has 2 aliphatic heterocycles. The van der Waals surface area contributed by atoms with Crippen LogP contribution in [0.3, 0.4) is 0 Å². The van der Waals surface area contributed by atoms with Crippen LogP contribution < -0.4 is 5.32 Å². The monoisotopic (exact) mass is 375 g/mol. The van der Waals surface area contributed by atoms with Gasteiger partial charge in [0.15, 0.2) is 0 Å². The number of halogens is 1. The third-order valence-corrected chi connectivity index (χ3v) is 4.85. The highest BCUT2D eigenvalue weighted by molar-refractivity contribution is 5.90. The number of benzene rings is 1. The predicted molar refractivity (Wildman–Crippen MR) is 100 cm³/mol. The highest BCUT2D eigenvalue weighted by Crippen LogP contribution is 2.30. The molecular weight excluding hydrogens is 349 g/mol. The average Bonchev–Trinajstić information content (AvgIpc) is 2.64. The van der Waals surface area contributed by atoms with E-state index in [0.29, 0.717) is 31.9 Å². The number of hydrogen-bond acceptors (Lipinski definition) is 5. The SMILES string of the molecule is CCNC1C(C(=O)O)=C(C)C=C(N2CCOCC2)N1Cc1cccc(F)c1. The van der Waals surface area contributed by atoms with Gasteiger partial charge in [-0.15, -0.1) is 0 Å². The third-order valence-electron chi connectivity index (χ3n) is 4.85. The Morgan fingerprint density at radius 2 is 2.11 bits per heavy atom. The summed E-state index contributed by atoms with van der Waals surface area (Å²) < 4.78 is 19.2. The molecule has 0 spiro atoms. The molecule has 2 aliphatic rings. The maximum Gasteiger partial charge on any atom is 0.335 e. The van der Waals surface area contributed by atoms with Gasteiger partial charge in [-0.25, -0.2) is 9.18 Å². The molecule has 1 atom stereocenters. The van der Waals surface area contributed by atoms with E-state index in [1.54, 1.807) is 6.07 Å². The average molecular weight is 375 g/mol. The highest BCUT2D eigenvalue weighted by atomic mass is 19.1. The number of likely N-dealkylation sites (N-methyl/N-ethyl adjacent to an activating group) is 1. The highest BCUT2D eigenvalue weighted by Gasteiger charge is 2.35. The van der Waals surface area contributed by atoms with E-state index in [4.69, 9.17) is 4.74 Å². The zero-order valence-corrected chi connectivity index (χ0v) is 15.7.